The van der Waals surface area contributed by atoms with Crippen LogP contribution in [0.4, 0.5) is 5.69 Å². The van der Waals surface area contributed by atoms with Gasteiger partial charge in [0.2, 0.25) is 0 Å². The van der Waals surface area contributed by atoms with Crippen molar-refractivity contribution in [2.45, 2.75) is 45.6 Å². The zero-order valence-electron chi connectivity index (χ0n) is 20.6. The molecule has 0 amide bonds. The van der Waals surface area contributed by atoms with Gasteiger partial charge < -0.3 is 0 Å². The first-order valence-electron chi connectivity index (χ1n) is 11.8. The number of nitrogens with one attached hydrogen (secondary N) is 2. The number of allylic oxidation sites excluding steroid dienone is 5. The van der Waals surface area contributed by atoms with Crippen molar-refractivity contribution >= 4 is 18.7 Å². The Bertz CT molecular complexity index is 819. The van der Waals surface area contributed by atoms with Gasteiger partial charge in [0.05, 0.1) is 0 Å². The van der Waals surface area contributed by atoms with E-state index in [-0.39, 0.29) is 0 Å². The average Bonchev–Trinajstić information content (AvgIpc) is 2.81. The zero-order chi connectivity index (χ0) is 23.2. The molecule has 1 aliphatic heterocycles. The number of hydrogen-bond donors (Lipinski definition) is 2. The van der Waals surface area contributed by atoms with Gasteiger partial charge in [0, 0.05) is 0 Å². The molecule has 2 N–H and O–H groups in total. The molecule has 1 atom stereocenters. The Kier molecular flexibility index (Phi) is 11.7. The van der Waals surface area contributed by atoms with Crippen molar-refractivity contribution in [2.75, 3.05) is 39.5 Å². The molecule has 5 heteroatoms. The molecule has 0 bridgehead atoms. The predicted molar refractivity (Wildman–Crippen MR) is 143 cm³/mol. The van der Waals surface area contributed by atoms with E-state index in [1.807, 2.05) is 20.3 Å². The molecule has 4 nitrogen and oxygen atoms in total. The van der Waals surface area contributed by atoms with Crippen LogP contribution in [0.5, 0.6) is 0 Å². The van der Waals surface area contributed by atoms with Gasteiger partial charge in [-0.3, -0.25) is 0 Å². The summed E-state index contributed by atoms with van der Waals surface area (Å²) in [6, 6.07) is 9.44. The van der Waals surface area contributed by atoms with Gasteiger partial charge in [0.1, 0.15) is 0 Å². The maximum absolute atomic E-state index is 3.43. The SMILES string of the molecule is CCC(C)N(C)CCc1ccc(NB=C/C(=C/C=C\N(C)C)CCC2=CC=CNC2)cc1. The second-order valence-electron chi connectivity index (χ2n) is 8.77. The second kappa shape index (κ2) is 14.5. The van der Waals surface area contributed by atoms with Crippen LogP contribution in [0.25, 0.3) is 0 Å². The summed E-state index contributed by atoms with van der Waals surface area (Å²) < 4.78 is 0. The molecular weight excluding hydrogens is 391 g/mol. The Morgan fingerprint density at radius 1 is 1.19 bits per heavy atom. The summed E-state index contributed by atoms with van der Waals surface area (Å²) in [6.45, 7) is 6.57. The minimum absolute atomic E-state index is 0.637. The average molecular weight is 432 g/mol. The summed E-state index contributed by atoms with van der Waals surface area (Å²) in [5, 5.41) is 6.71. The summed E-state index contributed by atoms with van der Waals surface area (Å²) in [5.74, 6) is 2.18. The molecule has 1 aromatic rings. The van der Waals surface area contributed by atoms with Crippen molar-refractivity contribution in [1.29, 1.82) is 0 Å². The number of anilines is 1. The van der Waals surface area contributed by atoms with Crippen LogP contribution < -0.4 is 10.5 Å². The van der Waals surface area contributed by atoms with Crippen molar-refractivity contribution in [3.63, 3.8) is 0 Å². The molecular formula is C27H41BN4. The Morgan fingerprint density at radius 2 is 1.97 bits per heavy atom. The van der Waals surface area contributed by atoms with Gasteiger partial charge in [-0.1, -0.05) is 0 Å². The Balaban J connectivity index is 1.90. The molecule has 1 aromatic carbocycles. The molecule has 0 radical (unpaired) electrons. The van der Waals surface area contributed by atoms with Crippen molar-refractivity contribution in [3.8, 4) is 0 Å². The summed E-state index contributed by atoms with van der Waals surface area (Å²) in [4.78, 5) is 4.49. The molecule has 0 saturated heterocycles. The molecule has 32 heavy (non-hydrogen) atoms. The van der Waals surface area contributed by atoms with Crippen LogP contribution in [0, 0.1) is 0 Å². The maximum atomic E-state index is 3.43. The molecule has 1 unspecified atom stereocenters. The second-order valence-corrected chi connectivity index (χ2v) is 8.77. The molecule has 0 saturated carbocycles. The van der Waals surface area contributed by atoms with E-state index in [9.17, 15) is 0 Å². The van der Waals surface area contributed by atoms with E-state index >= 15 is 0 Å². The van der Waals surface area contributed by atoms with Crippen molar-refractivity contribution in [2.24, 2.45) is 0 Å². The molecule has 1 aliphatic rings. The predicted octanol–water partition coefficient (Wildman–Crippen LogP) is 4.62. The van der Waals surface area contributed by atoms with Crippen LogP contribution in [-0.4, -0.2) is 63.1 Å². The Hall–Kier alpha value is -2.53. The number of dihydropyridines is 1. The van der Waals surface area contributed by atoms with Crippen LogP contribution in [0.2, 0.25) is 0 Å². The number of hydrogen-bond acceptors (Lipinski definition) is 4. The van der Waals surface area contributed by atoms with E-state index in [2.05, 4.69) is 109 Å². The first-order chi connectivity index (χ1) is 15.5. The number of benzene rings is 1. The van der Waals surface area contributed by atoms with Crippen molar-refractivity contribution in [1.82, 2.24) is 15.1 Å². The normalized spacial score (nSPS) is 15.1. The van der Waals surface area contributed by atoms with Gasteiger partial charge in [-0.15, -0.1) is 0 Å². The monoisotopic (exact) mass is 432 g/mol. The molecule has 0 aliphatic carbocycles. The fourth-order valence-corrected chi connectivity index (χ4v) is 3.39. The Labute approximate surface area is 196 Å². The van der Waals surface area contributed by atoms with Crippen LogP contribution in [-0.2, 0) is 6.42 Å². The molecule has 0 spiro atoms. The first kappa shape index (κ1) is 25.7. The van der Waals surface area contributed by atoms with Crippen molar-refractivity contribution in [3.05, 3.63) is 77.7 Å². The van der Waals surface area contributed by atoms with Crippen LogP contribution in [0.1, 0.15) is 38.7 Å². The van der Waals surface area contributed by atoms with Crippen LogP contribution in [0.15, 0.2) is 72.1 Å². The quantitative estimate of drug-likeness (QED) is 0.352. The van der Waals surface area contributed by atoms with Gasteiger partial charge in [0.25, 0.3) is 0 Å². The van der Waals surface area contributed by atoms with E-state index < -0.39 is 0 Å². The third-order valence-corrected chi connectivity index (χ3v) is 5.90. The third kappa shape index (κ3) is 10.2. The fourth-order valence-electron chi connectivity index (χ4n) is 3.39. The first-order valence-corrected chi connectivity index (χ1v) is 11.8. The zero-order valence-corrected chi connectivity index (χ0v) is 20.6. The van der Waals surface area contributed by atoms with E-state index in [1.165, 1.54) is 23.1 Å². The van der Waals surface area contributed by atoms with Gasteiger partial charge in [-0.2, -0.15) is 0 Å². The molecule has 2 rings (SSSR count). The van der Waals surface area contributed by atoms with Gasteiger partial charge in [0.15, 0.2) is 0 Å². The molecule has 0 fully saturated rings. The van der Waals surface area contributed by atoms with Gasteiger partial charge >= 0.3 is 197 Å². The summed E-state index contributed by atoms with van der Waals surface area (Å²) in [7, 11) is 8.34. The standard InChI is InChI=1S/C27H41BN4/c1-6-23(2)32(5)20-17-24-13-15-27(16-14-24)30-28-21-25(10-8-19-31(3)4)11-12-26-9-7-18-29-22-26/h7-10,13-16,18-19,21,23,29-30H,6,11-12,17,20,22H2,1-5H3/b19-8-,25-10+. The van der Waals surface area contributed by atoms with E-state index in [0.717, 1.165) is 38.0 Å². The topological polar surface area (TPSA) is 30.5 Å². The van der Waals surface area contributed by atoms with Gasteiger partial charge in [-0.25, -0.2) is 0 Å². The Morgan fingerprint density at radius 3 is 2.62 bits per heavy atom. The van der Waals surface area contributed by atoms with Crippen LogP contribution >= 0.6 is 0 Å². The summed E-state index contributed by atoms with van der Waals surface area (Å²) >= 11 is 0. The number of rotatable bonds is 13. The van der Waals surface area contributed by atoms with E-state index in [4.69, 9.17) is 0 Å². The molecule has 0 aromatic heterocycles. The summed E-state index contributed by atoms with van der Waals surface area (Å²) in [6.07, 6.45) is 17.0. The van der Waals surface area contributed by atoms with E-state index in [0.29, 0.717) is 6.04 Å². The number of nitrogens with zero attached hydrogens (tertiary/aromatic N) is 2. The molecule has 1 heterocycles. The van der Waals surface area contributed by atoms with Crippen LogP contribution in [0.3, 0.4) is 0 Å². The van der Waals surface area contributed by atoms with Crippen molar-refractivity contribution < 1.29 is 0 Å². The molecule has 172 valence electrons. The summed E-state index contributed by atoms with van der Waals surface area (Å²) in [5.41, 5.74) is 5.24. The number of likely N-dealkylation sites (N-methyl/N-ethyl adjacent to an activating group) is 1. The fraction of sp³-hybridized carbons (Fsp3) is 0.444. The van der Waals surface area contributed by atoms with E-state index in [1.54, 1.807) is 0 Å². The third-order valence-electron chi connectivity index (χ3n) is 5.90. The minimum atomic E-state index is 0.637. The van der Waals surface area contributed by atoms with Gasteiger partial charge in [-0.05, 0) is 0 Å².